The Balaban J connectivity index is 1.65. The summed E-state index contributed by atoms with van der Waals surface area (Å²) in [7, 11) is 0. The molecule has 0 saturated carbocycles. The summed E-state index contributed by atoms with van der Waals surface area (Å²) in [6.07, 6.45) is 3.27. The first-order valence-electron chi connectivity index (χ1n) is 13.6. The monoisotopic (exact) mass is 518 g/mol. The van der Waals surface area contributed by atoms with Crippen molar-refractivity contribution < 1.29 is 19.4 Å². The lowest BCUT2D eigenvalue weighted by Crippen LogP contribution is -2.29. The number of carbonyl (C=O) groups is 2. The van der Waals surface area contributed by atoms with Gasteiger partial charge in [-0.15, -0.1) is 0 Å². The van der Waals surface area contributed by atoms with E-state index in [9.17, 15) is 14.7 Å². The third kappa shape index (κ3) is 5.42. The highest BCUT2D eigenvalue weighted by molar-refractivity contribution is 6.07. The number of aliphatic hydroxyl groups is 1. The summed E-state index contributed by atoms with van der Waals surface area (Å²) in [5.74, 6) is -0.163. The van der Waals surface area contributed by atoms with Crippen LogP contribution in [0.3, 0.4) is 0 Å². The molecule has 1 amide bonds. The zero-order chi connectivity index (χ0) is 27.0. The molecule has 2 aliphatic heterocycles. The molecule has 5 rings (SSSR count). The van der Waals surface area contributed by atoms with Crippen LogP contribution >= 0.6 is 0 Å². The molecule has 1 aromatic heterocycles. The number of fused-ring (bicyclic) bond motifs is 2. The third-order valence-electron chi connectivity index (χ3n) is 7.15. The van der Waals surface area contributed by atoms with Gasteiger partial charge in [-0.1, -0.05) is 12.5 Å². The number of carbonyl (C=O) groups excluding carboxylic acids is 2. The molecular weight excluding hydrogens is 480 g/mol. The maximum atomic E-state index is 13.6. The zero-order valence-corrected chi connectivity index (χ0v) is 22.8. The highest BCUT2D eigenvalue weighted by Gasteiger charge is 2.29. The van der Waals surface area contributed by atoms with Crippen molar-refractivity contribution >= 4 is 28.6 Å². The van der Waals surface area contributed by atoms with Crippen molar-refractivity contribution in [2.24, 2.45) is 0 Å². The number of anilines is 1. The Morgan fingerprint density at radius 2 is 1.89 bits per heavy atom. The number of hydrogen-bond acceptors (Lipinski definition) is 6. The lowest BCUT2D eigenvalue weighted by atomic mass is 9.98. The van der Waals surface area contributed by atoms with Crippen LogP contribution in [-0.4, -0.2) is 57.9 Å². The van der Waals surface area contributed by atoms with Gasteiger partial charge in [0, 0.05) is 35.8 Å². The van der Waals surface area contributed by atoms with E-state index in [4.69, 9.17) is 4.74 Å². The number of nitrogens with zero attached hydrogens (tertiary/aromatic N) is 2. The van der Waals surface area contributed by atoms with Crippen molar-refractivity contribution in [3.05, 3.63) is 53.1 Å². The maximum absolute atomic E-state index is 13.6. The maximum Gasteiger partial charge on any atom is 0.419 e. The molecule has 202 valence electrons. The summed E-state index contributed by atoms with van der Waals surface area (Å²) < 4.78 is 7.42. The van der Waals surface area contributed by atoms with E-state index in [1.807, 2.05) is 52.0 Å². The van der Waals surface area contributed by atoms with Crippen LogP contribution in [0.2, 0.25) is 0 Å². The largest absolute Gasteiger partial charge is 0.443 e. The molecule has 0 radical (unpaired) electrons. The van der Waals surface area contributed by atoms with E-state index < -0.39 is 11.7 Å². The summed E-state index contributed by atoms with van der Waals surface area (Å²) in [5.41, 5.74) is 4.72. The predicted octanol–water partition coefficient (Wildman–Crippen LogP) is 5.11. The van der Waals surface area contributed by atoms with E-state index in [0.29, 0.717) is 23.4 Å². The molecule has 8 heteroatoms. The van der Waals surface area contributed by atoms with Gasteiger partial charge in [0.25, 0.3) is 5.91 Å². The molecule has 38 heavy (non-hydrogen) atoms. The van der Waals surface area contributed by atoms with E-state index >= 15 is 0 Å². The van der Waals surface area contributed by atoms with Gasteiger partial charge in [-0.2, -0.15) is 0 Å². The fraction of sp³-hybridized carbons (Fsp3) is 0.467. The van der Waals surface area contributed by atoms with Crippen LogP contribution in [0.25, 0.3) is 22.2 Å². The van der Waals surface area contributed by atoms with Crippen LogP contribution in [0, 0.1) is 0 Å². The molecule has 3 N–H and O–H groups in total. The van der Waals surface area contributed by atoms with Crippen molar-refractivity contribution in [3.8, 4) is 11.3 Å². The first-order chi connectivity index (χ1) is 18.1. The Bertz CT molecular complexity index is 1360. The average Bonchev–Trinajstić information content (AvgIpc) is 3.43. The van der Waals surface area contributed by atoms with E-state index in [1.54, 1.807) is 4.57 Å². The van der Waals surface area contributed by atoms with Crippen molar-refractivity contribution in [2.75, 3.05) is 25.0 Å². The second-order valence-electron chi connectivity index (χ2n) is 11.5. The smallest absolute Gasteiger partial charge is 0.419 e. The molecule has 3 heterocycles. The lowest BCUT2D eigenvalue weighted by Gasteiger charge is -2.26. The van der Waals surface area contributed by atoms with Gasteiger partial charge in [0.15, 0.2) is 0 Å². The van der Waals surface area contributed by atoms with Crippen LogP contribution in [0.15, 0.2) is 36.4 Å². The molecule has 1 fully saturated rings. The van der Waals surface area contributed by atoms with Crippen LogP contribution in [-0.2, 0) is 17.8 Å². The summed E-state index contributed by atoms with van der Waals surface area (Å²) in [4.78, 5) is 29.0. The van der Waals surface area contributed by atoms with Gasteiger partial charge in [-0.3, -0.25) is 9.69 Å². The number of ether oxygens (including phenoxy) is 1. The Morgan fingerprint density at radius 1 is 1.13 bits per heavy atom. The number of nitrogens with one attached hydrogen (secondary N) is 2. The molecule has 1 atom stereocenters. The SMILES string of the molecule is CC(CO)Nc1cc2c(c(-c3cc4cc(CN5CCCCC5)ccc4n3C(=O)OC(C)(C)C)c1)C(=O)NC2. The van der Waals surface area contributed by atoms with Crippen molar-refractivity contribution in [2.45, 2.75) is 71.7 Å². The number of aliphatic hydroxyl groups excluding tert-OH is 1. The van der Waals surface area contributed by atoms with Gasteiger partial charge in [-0.05, 0) is 95.1 Å². The fourth-order valence-corrected chi connectivity index (χ4v) is 5.43. The van der Waals surface area contributed by atoms with E-state index in [-0.39, 0.29) is 18.6 Å². The molecule has 1 saturated heterocycles. The first-order valence-corrected chi connectivity index (χ1v) is 13.6. The van der Waals surface area contributed by atoms with Gasteiger partial charge >= 0.3 is 6.09 Å². The van der Waals surface area contributed by atoms with Gasteiger partial charge in [0.1, 0.15) is 5.60 Å². The van der Waals surface area contributed by atoms with Crippen LogP contribution < -0.4 is 10.6 Å². The topological polar surface area (TPSA) is 95.8 Å². The summed E-state index contributed by atoms with van der Waals surface area (Å²) >= 11 is 0. The summed E-state index contributed by atoms with van der Waals surface area (Å²) in [5, 5.41) is 16.7. The molecule has 8 nitrogen and oxygen atoms in total. The van der Waals surface area contributed by atoms with E-state index in [1.165, 1.54) is 24.8 Å². The molecule has 2 aromatic carbocycles. The number of aromatic nitrogens is 1. The quantitative estimate of drug-likeness (QED) is 0.420. The average molecular weight is 519 g/mol. The number of piperidine rings is 1. The number of benzene rings is 2. The summed E-state index contributed by atoms with van der Waals surface area (Å²) in [6, 6.07) is 11.8. The minimum atomic E-state index is -0.682. The van der Waals surface area contributed by atoms with Crippen molar-refractivity contribution in [1.82, 2.24) is 14.8 Å². The molecule has 0 spiro atoms. The predicted molar refractivity (Wildman–Crippen MR) is 149 cm³/mol. The number of hydrogen-bond donors (Lipinski definition) is 3. The number of amides is 1. The van der Waals surface area contributed by atoms with Crippen LogP contribution in [0.4, 0.5) is 10.5 Å². The van der Waals surface area contributed by atoms with Gasteiger partial charge in [0.2, 0.25) is 0 Å². The highest BCUT2D eigenvalue weighted by atomic mass is 16.6. The van der Waals surface area contributed by atoms with Gasteiger partial charge in [-0.25, -0.2) is 9.36 Å². The van der Waals surface area contributed by atoms with Crippen molar-refractivity contribution in [1.29, 1.82) is 0 Å². The Hall–Kier alpha value is -3.36. The second kappa shape index (κ2) is 10.4. The number of rotatable bonds is 6. The normalized spacial score (nSPS) is 16.8. The minimum Gasteiger partial charge on any atom is -0.443 e. The second-order valence-corrected chi connectivity index (χ2v) is 11.5. The minimum absolute atomic E-state index is 0.0262. The first kappa shape index (κ1) is 26.3. The fourth-order valence-electron chi connectivity index (χ4n) is 5.43. The third-order valence-corrected chi connectivity index (χ3v) is 7.15. The Morgan fingerprint density at radius 3 is 2.61 bits per heavy atom. The van der Waals surface area contributed by atoms with Gasteiger partial charge < -0.3 is 20.5 Å². The van der Waals surface area contributed by atoms with Gasteiger partial charge in [0.05, 0.1) is 23.4 Å². The van der Waals surface area contributed by atoms with Crippen LogP contribution in [0.1, 0.15) is 68.4 Å². The Labute approximate surface area is 224 Å². The van der Waals surface area contributed by atoms with E-state index in [0.717, 1.165) is 41.8 Å². The molecule has 3 aromatic rings. The Kier molecular flexibility index (Phi) is 7.20. The van der Waals surface area contributed by atoms with Crippen LogP contribution in [0.5, 0.6) is 0 Å². The molecule has 1 unspecified atom stereocenters. The highest BCUT2D eigenvalue weighted by Crippen LogP contribution is 2.37. The summed E-state index contributed by atoms with van der Waals surface area (Å²) in [6.45, 7) is 10.9. The molecular formula is C30H38N4O4. The standard InChI is InChI=1S/C30H38N4O4/c1-19(18-35)32-23-13-22-16-31-28(36)27(22)24(15-23)26-14-21-12-20(17-33-10-6-5-7-11-33)8-9-25(21)34(26)29(37)38-30(2,3)4/h8-9,12-15,19,32,35H,5-7,10-11,16-18H2,1-4H3,(H,31,36). The molecule has 0 aliphatic carbocycles. The molecule has 2 aliphatic rings. The lowest BCUT2D eigenvalue weighted by molar-refractivity contribution is 0.0547. The van der Waals surface area contributed by atoms with E-state index in [2.05, 4.69) is 27.7 Å². The number of likely N-dealkylation sites (tertiary alicyclic amines) is 1. The zero-order valence-electron chi connectivity index (χ0n) is 22.8. The molecule has 0 bridgehead atoms. The van der Waals surface area contributed by atoms with Crippen molar-refractivity contribution in [3.63, 3.8) is 0 Å².